The van der Waals surface area contributed by atoms with Crippen molar-refractivity contribution >= 4 is 5.82 Å². The monoisotopic (exact) mass is 210 g/mol. The first-order valence-electron chi connectivity index (χ1n) is 5.29. The van der Waals surface area contributed by atoms with Gasteiger partial charge in [-0.1, -0.05) is 0 Å². The highest BCUT2D eigenvalue weighted by atomic mass is 16.3. The number of hydrogen-bond acceptors (Lipinski definition) is 4. The van der Waals surface area contributed by atoms with Crippen LogP contribution in [0.3, 0.4) is 0 Å². The third kappa shape index (κ3) is 1.72. The molecule has 0 aliphatic carbocycles. The molecule has 3 N–H and O–H groups in total. The number of aliphatic hydroxyl groups excluding tert-OH is 1. The van der Waals surface area contributed by atoms with Crippen LogP contribution in [0.2, 0.25) is 0 Å². The predicted molar refractivity (Wildman–Crippen MR) is 58.7 cm³/mol. The van der Waals surface area contributed by atoms with Crippen LogP contribution in [0.5, 0.6) is 0 Å². The van der Waals surface area contributed by atoms with Gasteiger partial charge in [-0.25, -0.2) is 0 Å². The van der Waals surface area contributed by atoms with E-state index < -0.39 is 0 Å². The Balaban J connectivity index is 2.34. The van der Waals surface area contributed by atoms with E-state index in [-0.39, 0.29) is 6.10 Å². The van der Waals surface area contributed by atoms with Gasteiger partial charge in [-0.15, -0.1) is 0 Å². The first-order valence-corrected chi connectivity index (χ1v) is 5.29. The van der Waals surface area contributed by atoms with Crippen molar-refractivity contribution in [1.82, 2.24) is 9.78 Å². The Labute approximate surface area is 89.5 Å². The van der Waals surface area contributed by atoms with Gasteiger partial charge in [-0.3, -0.25) is 4.68 Å². The molecule has 5 heteroatoms. The Hall–Kier alpha value is -1.07. The zero-order valence-corrected chi connectivity index (χ0v) is 9.27. The molecule has 0 radical (unpaired) electrons. The van der Waals surface area contributed by atoms with E-state index in [2.05, 4.69) is 10.00 Å². The summed E-state index contributed by atoms with van der Waals surface area (Å²) in [5.74, 6) is 1.06. The highest BCUT2D eigenvalue weighted by molar-refractivity contribution is 5.51. The van der Waals surface area contributed by atoms with Crippen molar-refractivity contribution in [2.24, 2.45) is 12.8 Å². The summed E-state index contributed by atoms with van der Waals surface area (Å²) in [5.41, 5.74) is 7.80. The molecular formula is C10H18N4O. The summed E-state index contributed by atoms with van der Waals surface area (Å²) < 4.78 is 1.86. The number of nitrogens with zero attached hydrogens (tertiary/aromatic N) is 3. The molecular weight excluding hydrogens is 192 g/mol. The quantitative estimate of drug-likeness (QED) is 0.707. The fourth-order valence-electron chi connectivity index (χ4n) is 2.26. The largest absolute Gasteiger partial charge is 0.391 e. The van der Waals surface area contributed by atoms with Crippen molar-refractivity contribution in [3.8, 4) is 0 Å². The van der Waals surface area contributed by atoms with Crippen molar-refractivity contribution in [3.05, 3.63) is 11.3 Å². The zero-order valence-electron chi connectivity index (χ0n) is 9.27. The summed E-state index contributed by atoms with van der Waals surface area (Å²) in [6, 6.07) is 0. The highest BCUT2D eigenvalue weighted by Crippen LogP contribution is 2.26. The van der Waals surface area contributed by atoms with E-state index in [1.54, 1.807) is 0 Å². The van der Waals surface area contributed by atoms with Crippen molar-refractivity contribution in [3.63, 3.8) is 0 Å². The lowest BCUT2D eigenvalue weighted by Gasteiger charge is -2.19. The van der Waals surface area contributed by atoms with Gasteiger partial charge >= 0.3 is 0 Å². The van der Waals surface area contributed by atoms with Crippen LogP contribution in [0, 0.1) is 6.92 Å². The van der Waals surface area contributed by atoms with Gasteiger partial charge in [0.25, 0.3) is 0 Å². The number of hydrogen-bond donors (Lipinski definition) is 2. The minimum atomic E-state index is -0.217. The molecule has 1 aromatic rings. The zero-order chi connectivity index (χ0) is 11.0. The lowest BCUT2D eigenvalue weighted by atomic mass is 10.2. The van der Waals surface area contributed by atoms with Crippen molar-refractivity contribution in [2.45, 2.75) is 26.0 Å². The van der Waals surface area contributed by atoms with E-state index in [9.17, 15) is 5.11 Å². The molecule has 1 aliphatic rings. The maximum atomic E-state index is 9.52. The molecule has 1 fully saturated rings. The van der Waals surface area contributed by atoms with Crippen LogP contribution >= 0.6 is 0 Å². The van der Waals surface area contributed by atoms with E-state index in [0.717, 1.165) is 30.0 Å². The van der Waals surface area contributed by atoms with Crippen LogP contribution < -0.4 is 10.6 Å². The van der Waals surface area contributed by atoms with E-state index >= 15 is 0 Å². The molecule has 0 saturated carbocycles. The molecule has 0 amide bonds. The van der Waals surface area contributed by atoms with Crippen molar-refractivity contribution < 1.29 is 5.11 Å². The Kier molecular flexibility index (Phi) is 2.67. The number of aliphatic hydroxyl groups is 1. The lowest BCUT2D eigenvalue weighted by Crippen LogP contribution is -2.25. The number of aryl methyl sites for hydroxylation is 2. The summed E-state index contributed by atoms with van der Waals surface area (Å²) in [5, 5.41) is 13.9. The van der Waals surface area contributed by atoms with Crippen LogP contribution in [-0.4, -0.2) is 34.1 Å². The molecule has 5 nitrogen and oxygen atoms in total. The van der Waals surface area contributed by atoms with Gasteiger partial charge < -0.3 is 15.7 Å². The smallest absolute Gasteiger partial charge is 0.131 e. The second-order valence-electron chi connectivity index (χ2n) is 4.10. The van der Waals surface area contributed by atoms with Gasteiger partial charge in [0.2, 0.25) is 0 Å². The van der Waals surface area contributed by atoms with E-state index in [0.29, 0.717) is 13.1 Å². The summed E-state index contributed by atoms with van der Waals surface area (Å²) in [6.07, 6.45) is 0.611. The van der Waals surface area contributed by atoms with Crippen LogP contribution in [-0.2, 0) is 13.6 Å². The average Bonchev–Trinajstić information content (AvgIpc) is 2.70. The number of aromatic nitrogens is 2. The number of β-amino-alcohol motifs (C(OH)–C–C–N with tert-alkyl or cyclic N) is 1. The SMILES string of the molecule is Cc1nn(C)c(N2CCC(O)C2)c1CN. The second kappa shape index (κ2) is 3.83. The van der Waals surface area contributed by atoms with E-state index in [1.807, 2.05) is 18.7 Å². The van der Waals surface area contributed by atoms with Crippen LogP contribution in [0.15, 0.2) is 0 Å². The summed E-state index contributed by atoms with van der Waals surface area (Å²) in [7, 11) is 1.92. The predicted octanol–water partition coefficient (Wildman–Crippen LogP) is -0.242. The molecule has 15 heavy (non-hydrogen) atoms. The number of anilines is 1. The minimum absolute atomic E-state index is 0.217. The molecule has 0 aromatic carbocycles. The third-order valence-corrected chi connectivity index (χ3v) is 2.98. The normalized spacial score (nSPS) is 21.3. The molecule has 2 rings (SSSR count). The van der Waals surface area contributed by atoms with Gasteiger partial charge in [0.15, 0.2) is 0 Å². The first-order chi connectivity index (χ1) is 7.13. The molecule has 1 saturated heterocycles. The Morgan fingerprint density at radius 1 is 1.60 bits per heavy atom. The molecule has 1 aliphatic heterocycles. The Bertz CT molecular complexity index is 361. The summed E-state index contributed by atoms with van der Waals surface area (Å²) in [4.78, 5) is 2.16. The molecule has 1 atom stereocenters. The summed E-state index contributed by atoms with van der Waals surface area (Å²) in [6.45, 7) is 4.04. The Morgan fingerprint density at radius 2 is 2.33 bits per heavy atom. The molecule has 0 bridgehead atoms. The van der Waals surface area contributed by atoms with E-state index in [1.165, 1.54) is 0 Å². The third-order valence-electron chi connectivity index (χ3n) is 2.98. The molecule has 2 heterocycles. The summed E-state index contributed by atoms with van der Waals surface area (Å²) >= 11 is 0. The molecule has 1 aromatic heterocycles. The van der Waals surface area contributed by atoms with E-state index in [4.69, 9.17) is 5.73 Å². The number of nitrogens with two attached hydrogens (primary N) is 1. The van der Waals surface area contributed by atoms with Gasteiger partial charge in [-0.2, -0.15) is 5.10 Å². The number of rotatable bonds is 2. The average molecular weight is 210 g/mol. The maximum Gasteiger partial charge on any atom is 0.131 e. The highest BCUT2D eigenvalue weighted by Gasteiger charge is 2.25. The second-order valence-corrected chi connectivity index (χ2v) is 4.10. The maximum absolute atomic E-state index is 9.52. The molecule has 1 unspecified atom stereocenters. The van der Waals surface area contributed by atoms with Gasteiger partial charge in [0, 0.05) is 32.2 Å². The van der Waals surface area contributed by atoms with Crippen LogP contribution in [0.25, 0.3) is 0 Å². The fraction of sp³-hybridized carbons (Fsp3) is 0.700. The lowest BCUT2D eigenvalue weighted by molar-refractivity contribution is 0.198. The van der Waals surface area contributed by atoms with Gasteiger partial charge in [0.05, 0.1) is 11.8 Å². The topological polar surface area (TPSA) is 67.3 Å². The first kappa shape index (κ1) is 10.4. The van der Waals surface area contributed by atoms with Crippen molar-refractivity contribution in [1.29, 1.82) is 0 Å². The fourth-order valence-corrected chi connectivity index (χ4v) is 2.26. The molecule has 0 spiro atoms. The van der Waals surface area contributed by atoms with Crippen LogP contribution in [0.4, 0.5) is 5.82 Å². The minimum Gasteiger partial charge on any atom is -0.391 e. The van der Waals surface area contributed by atoms with Gasteiger partial charge in [0.1, 0.15) is 5.82 Å². The van der Waals surface area contributed by atoms with Gasteiger partial charge in [-0.05, 0) is 13.3 Å². The van der Waals surface area contributed by atoms with Crippen LogP contribution in [0.1, 0.15) is 17.7 Å². The molecule has 84 valence electrons. The van der Waals surface area contributed by atoms with Crippen molar-refractivity contribution in [2.75, 3.05) is 18.0 Å². The Morgan fingerprint density at radius 3 is 2.87 bits per heavy atom. The standard InChI is InChI=1S/C10H18N4O/c1-7-9(5-11)10(13(2)12-7)14-4-3-8(15)6-14/h8,15H,3-6,11H2,1-2H3.